The number of aryl methyl sites for hydroxylation is 1. The normalized spacial score (nSPS) is 13.1. The van der Waals surface area contributed by atoms with Gasteiger partial charge in [-0.25, -0.2) is 0 Å². The molecule has 0 aliphatic rings. The van der Waals surface area contributed by atoms with Crippen LogP contribution in [0.2, 0.25) is 5.02 Å². The molecule has 0 saturated carbocycles. The van der Waals surface area contributed by atoms with E-state index in [1.165, 1.54) is 0 Å². The molecule has 0 aliphatic heterocycles. The van der Waals surface area contributed by atoms with Crippen LogP contribution >= 0.6 is 43.4 Å². The quantitative estimate of drug-likeness (QED) is 0.212. The maximum absolute atomic E-state index is 11.3. The van der Waals surface area contributed by atoms with Gasteiger partial charge in [-0.05, 0) is 60.7 Å². The molecule has 0 fully saturated rings. The standard InChI is InChI=1S/C25H29ClNO5PS.ClH/c26-24-15-23(12-11-20(24)8-5-13-25(27,17-28)18-33(29,30)31)34-22-10-4-9-21(14-22)32-16-19-6-2-1-3-7-19;/h1-4,6-7,9-12,14-15,28H,5,8,13,16-18,27H2,(H2,29,30,31);1H. The number of ether oxygens (including phenoxy) is 1. The van der Waals surface area contributed by atoms with Crippen molar-refractivity contribution >= 4 is 43.4 Å². The van der Waals surface area contributed by atoms with Crippen LogP contribution in [0.4, 0.5) is 0 Å². The van der Waals surface area contributed by atoms with Crippen molar-refractivity contribution in [3.8, 4) is 5.75 Å². The second kappa shape index (κ2) is 13.7. The lowest BCUT2D eigenvalue weighted by Crippen LogP contribution is -2.47. The van der Waals surface area contributed by atoms with Gasteiger partial charge in [0.1, 0.15) is 12.4 Å². The SMILES string of the molecule is Cl.NC(CO)(CCCc1ccc(Sc2cccc(OCc3ccccc3)c2)cc1Cl)CP(=O)(O)O. The van der Waals surface area contributed by atoms with Crippen molar-refractivity contribution in [1.29, 1.82) is 0 Å². The summed E-state index contributed by atoms with van der Waals surface area (Å²) in [6.45, 7) is 0.0135. The highest BCUT2D eigenvalue weighted by Gasteiger charge is 2.32. The average Bonchev–Trinajstić information content (AvgIpc) is 2.79. The Hall–Kier alpha value is -1.54. The van der Waals surface area contributed by atoms with Gasteiger partial charge >= 0.3 is 7.60 Å². The Morgan fingerprint density at radius 2 is 1.71 bits per heavy atom. The van der Waals surface area contributed by atoms with Gasteiger partial charge in [-0.3, -0.25) is 4.57 Å². The van der Waals surface area contributed by atoms with Crippen LogP contribution in [-0.4, -0.2) is 33.2 Å². The van der Waals surface area contributed by atoms with E-state index in [9.17, 15) is 19.5 Å². The number of aliphatic hydroxyl groups is 1. The zero-order valence-electron chi connectivity index (χ0n) is 19.0. The molecule has 3 aromatic carbocycles. The fourth-order valence-corrected chi connectivity index (χ4v) is 5.87. The largest absolute Gasteiger partial charge is 0.489 e. The first-order valence-corrected chi connectivity index (χ1v) is 13.8. The van der Waals surface area contributed by atoms with E-state index in [4.69, 9.17) is 22.1 Å². The summed E-state index contributed by atoms with van der Waals surface area (Å²) in [4.78, 5) is 20.4. The molecule has 5 N–H and O–H groups in total. The number of halogens is 2. The molecule has 0 heterocycles. The van der Waals surface area contributed by atoms with Crippen molar-refractivity contribution in [3.63, 3.8) is 0 Å². The van der Waals surface area contributed by atoms with E-state index in [-0.39, 0.29) is 18.8 Å². The Morgan fingerprint density at radius 3 is 2.37 bits per heavy atom. The summed E-state index contributed by atoms with van der Waals surface area (Å²) in [5, 5.41) is 10.1. The molecule has 10 heteroatoms. The minimum absolute atomic E-state index is 0. The third kappa shape index (κ3) is 10.2. The van der Waals surface area contributed by atoms with Gasteiger partial charge in [-0.2, -0.15) is 0 Å². The summed E-state index contributed by atoms with van der Waals surface area (Å²) in [6, 6.07) is 23.7. The van der Waals surface area contributed by atoms with E-state index < -0.39 is 25.9 Å². The van der Waals surface area contributed by atoms with E-state index in [1.54, 1.807) is 11.8 Å². The highest BCUT2D eigenvalue weighted by Crippen LogP contribution is 2.39. The van der Waals surface area contributed by atoms with E-state index in [2.05, 4.69) is 0 Å². The Balaban J connectivity index is 0.00000432. The van der Waals surface area contributed by atoms with Crippen molar-refractivity contribution in [2.75, 3.05) is 12.8 Å². The van der Waals surface area contributed by atoms with Crippen molar-refractivity contribution in [2.24, 2.45) is 5.73 Å². The molecule has 3 rings (SSSR count). The van der Waals surface area contributed by atoms with E-state index >= 15 is 0 Å². The molecule has 190 valence electrons. The minimum Gasteiger partial charge on any atom is -0.489 e. The molecule has 0 saturated heterocycles. The summed E-state index contributed by atoms with van der Waals surface area (Å²) in [7, 11) is -4.31. The summed E-state index contributed by atoms with van der Waals surface area (Å²) in [5.41, 5.74) is 6.69. The molecular formula is C25H30Cl2NO5PS. The summed E-state index contributed by atoms with van der Waals surface area (Å²) in [5.74, 6) is 0.793. The molecule has 1 unspecified atom stereocenters. The summed E-state index contributed by atoms with van der Waals surface area (Å²) < 4.78 is 17.2. The predicted octanol–water partition coefficient (Wildman–Crippen LogP) is 5.68. The molecular weight excluding hydrogens is 528 g/mol. The molecule has 0 bridgehead atoms. The molecule has 0 amide bonds. The number of aliphatic hydroxyl groups excluding tert-OH is 1. The molecule has 0 spiro atoms. The first kappa shape index (κ1) is 29.7. The Bertz CT molecular complexity index is 1130. The maximum atomic E-state index is 11.3. The Kier molecular flexibility index (Phi) is 11.6. The van der Waals surface area contributed by atoms with Gasteiger partial charge in [0.15, 0.2) is 0 Å². The molecule has 0 radical (unpaired) electrons. The first-order chi connectivity index (χ1) is 16.2. The topological polar surface area (TPSA) is 113 Å². The number of hydrogen-bond donors (Lipinski definition) is 4. The Labute approximate surface area is 221 Å². The van der Waals surface area contributed by atoms with E-state index in [0.717, 1.165) is 26.7 Å². The zero-order chi connectivity index (χ0) is 24.6. The van der Waals surface area contributed by atoms with Crippen LogP contribution in [0.1, 0.15) is 24.0 Å². The number of rotatable bonds is 12. The predicted molar refractivity (Wildman–Crippen MR) is 144 cm³/mol. The van der Waals surface area contributed by atoms with Crippen LogP contribution < -0.4 is 10.5 Å². The smallest absolute Gasteiger partial charge is 0.327 e. The number of benzene rings is 3. The zero-order valence-corrected chi connectivity index (χ0v) is 22.3. The van der Waals surface area contributed by atoms with Gasteiger partial charge in [0.2, 0.25) is 0 Å². The van der Waals surface area contributed by atoms with Gasteiger partial charge in [-0.1, -0.05) is 65.8 Å². The van der Waals surface area contributed by atoms with Gasteiger partial charge in [-0.15, -0.1) is 12.4 Å². The molecule has 3 aromatic rings. The van der Waals surface area contributed by atoms with Crippen LogP contribution in [0.15, 0.2) is 82.6 Å². The fraction of sp³-hybridized carbons (Fsp3) is 0.280. The van der Waals surface area contributed by atoms with Crippen molar-refractivity contribution in [3.05, 3.63) is 88.9 Å². The monoisotopic (exact) mass is 557 g/mol. The maximum Gasteiger partial charge on any atom is 0.327 e. The van der Waals surface area contributed by atoms with Crippen molar-refractivity contribution in [1.82, 2.24) is 0 Å². The lowest BCUT2D eigenvalue weighted by molar-refractivity contribution is 0.193. The number of hydrogen-bond acceptors (Lipinski definition) is 5. The fourth-order valence-electron chi connectivity index (χ4n) is 3.55. The first-order valence-electron chi connectivity index (χ1n) is 10.8. The van der Waals surface area contributed by atoms with Gasteiger partial charge in [0.25, 0.3) is 0 Å². The second-order valence-electron chi connectivity index (χ2n) is 8.30. The van der Waals surface area contributed by atoms with E-state index in [1.807, 2.05) is 72.8 Å². The van der Waals surface area contributed by atoms with Gasteiger partial charge in [0, 0.05) is 14.8 Å². The highest BCUT2D eigenvalue weighted by molar-refractivity contribution is 7.99. The van der Waals surface area contributed by atoms with Crippen LogP contribution in [0, 0.1) is 0 Å². The number of nitrogens with two attached hydrogens (primary N) is 1. The molecule has 0 aromatic heterocycles. The molecule has 6 nitrogen and oxygen atoms in total. The van der Waals surface area contributed by atoms with Crippen LogP contribution in [0.5, 0.6) is 5.75 Å². The Morgan fingerprint density at radius 1 is 1.00 bits per heavy atom. The third-order valence-electron chi connectivity index (χ3n) is 5.27. The second-order valence-corrected chi connectivity index (χ2v) is 11.5. The van der Waals surface area contributed by atoms with Gasteiger partial charge in [0.05, 0.1) is 18.3 Å². The molecule has 1 atom stereocenters. The lowest BCUT2D eigenvalue weighted by Gasteiger charge is -2.27. The summed E-state index contributed by atoms with van der Waals surface area (Å²) >= 11 is 8.07. The summed E-state index contributed by atoms with van der Waals surface area (Å²) in [6.07, 6.45) is 0.863. The van der Waals surface area contributed by atoms with Crippen molar-refractivity contribution in [2.45, 2.75) is 41.2 Å². The lowest BCUT2D eigenvalue weighted by atomic mass is 9.95. The minimum atomic E-state index is -4.31. The van der Waals surface area contributed by atoms with Crippen molar-refractivity contribution < 1.29 is 24.2 Å². The molecule has 0 aliphatic carbocycles. The van der Waals surface area contributed by atoms with Crippen LogP contribution in [0.3, 0.4) is 0 Å². The van der Waals surface area contributed by atoms with Gasteiger partial charge < -0.3 is 25.4 Å². The molecule has 35 heavy (non-hydrogen) atoms. The van der Waals surface area contributed by atoms with Crippen LogP contribution in [0.25, 0.3) is 0 Å². The van der Waals surface area contributed by atoms with Crippen LogP contribution in [-0.2, 0) is 17.6 Å². The third-order valence-corrected chi connectivity index (χ3v) is 7.64. The van der Waals surface area contributed by atoms with E-state index in [0.29, 0.717) is 24.5 Å². The highest BCUT2D eigenvalue weighted by atomic mass is 35.5. The average molecular weight is 558 g/mol.